The number of hydrogen-bond acceptors (Lipinski definition) is 9. The van der Waals surface area contributed by atoms with Crippen LogP contribution in [0, 0.1) is 10.1 Å². The number of benzene rings is 1. The summed E-state index contributed by atoms with van der Waals surface area (Å²) in [6.45, 7) is 1.93. The van der Waals surface area contributed by atoms with Crippen molar-refractivity contribution in [1.82, 2.24) is 29.9 Å². The molecule has 0 aliphatic rings. The predicted octanol–water partition coefficient (Wildman–Crippen LogP) is 3.17. The first kappa shape index (κ1) is 17.1. The Morgan fingerprint density at radius 3 is 2.74 bits per heavy atom. The number of fused-ring (bicyclic) bond motifs is 1. The SMILES string of the molecule is CC(Sc1ncnc2c1cnn2C)c1nnc(-c2ccc([N+](=O)[O-])cc2)o1. The lowest BCUT2D eigenvalue weighted by Crippen LogP contribution is -1.94. The van der Waals surface area contributed by atoms with Crippen molar-refractivity contribution in [2.45, 2.75) is 17.2 Å². The van der Waals surface area contributed by atoms with E-state index in [1.54, 1.807) is 23.0 Å². The molecule has 0 saturated carbocycles. The van der Waals surface area contributed by atoms with Gasteiger partial charge in [0, 0.05) is 24.7 Å². The lowest BCUT2D eigenvalue weighted by molar-refractivity contribution is -0.384. The van der Waals surface area contributed by atoms with E-state index in [1.165, 1.54) is 30.2 Å². The van der Waals surface area contributed by atoms with Gasteiger partial charge in [0.05, 0.1) is 21.8 Å². The van der Waals surface area contributed by atoms with E-state index in [4.69, 9.17) is 4.42 Å². The van der Waals surface area contributed by atoms with Gasteiger partial charge in [0.1, 0.15) is 11.4 Å². The van der Waals surface area contributed by atoms with Crippen molar-refractivity contribution in [2.24, 2.45) is 7.05 Å². The van der Waals surface area contributed by atoms with Crippen molar-refractivity contribution in [3.8, 4) is 11.5 Å². The maximum absolute atomic E-state index is 10.7. The zero-order chi connectivity index (χ0) is 19.0. The monoisotopic (exact) mass is 383 g/mol. The second-order valence-electron chi connectivity index (χ2n) is 5.69. The van der Waals surface area contributed by atoms with Gasteiger partial charge >= 0.3 is 0 Å². The number of thioether (sulfide) groups is 1. The van der Waals surface area contributed by atoms with Gasteiger partial charge in [-0.3, -0.25) is 14.8 Å². The molecule has 0 bridgehead atoms. The molecule has 3 aromatic heterocycles. The molecule has 0 fully saturated rings. The van der Waals surface area contributed by atoms with Gasteiger partial charge in [-0.1, -0.05) is 11.8 Å². The zero-order valence-electron chi connectivity index (χ0n) is 14.3. The summed E-state index contributed by atoms with van der Waals surface area (Å²) in [5.74, 6) is 0.741. The van der Waals surface area contributed by atoms with Crippen LogP contribution in [-0.2, 0) is 7.05 Å². The molecule has 0 saturated heterocycles. The Morgan fingerprint density at radius 2 is 2.00 bits per heavy atom. The third-order valence-corrected chi connectivity index (χ3v) is 5.00. The molecule has 3 heterocycles. The van der Waals surface area contributed by atoms with E-state index >= 15 is 0 Å². The number of hydrogen-bond donors (Lipinski definition) is 0. The minimum Gasteiger partial charge on any atom is -0.419 e. The Morgan fingerprint density at radius 1 is 1.22 bits per heavy atom. The van der Waals surface area contributed by atoms with Crippen molar-refractivity contribution in [2.75, 3.05) is 0 Å². The van der Waals surface area contributed by atoms with Crippen LogP contribution in [0.1, 0.15) is 18.1 Å². The van der Waals surface area contributed by atoms with Crippen molar-refractivity contribution < 1.29 is 9.34 Å². The summed E-state index contributed by atoms with van der Waals surface area (Å²) in [6, 6.07) is 5.96. The molecule has 4 aromatic rings. The number of aromatic nitrogens is 6. The van der Waals surface area contributed by atoms with Gasteiger partial charge in [-0.25, -0.2) is 9.97 Å². The predicted molar refractivity (Wildman–Crippen MR) is 97.0 cm³/mol. The van der Waals surface area contributed by atoms with E-state index in [9.17, 15) is 10.1 Å². The first-order chi connectivity index (χ1) is 13.0. The van der Waals surface area contributed by atoms with Gasteiger partial charge in [0.25, 0.3) is 5.69 Å². The summed E-state index contributed by atoms with van der Waals surface area (Å²) < 4.78 is 7.43. The lowest BCUT2D eigenvalue weighted by Gasteiger charge is -2.06. The second kappa shape index (κ2) is 6.76. The Kier molecular flexibility index (Phi) is 4.28. The van der Waals surface area contributed by atoms with Crippen molar-refractivity contribution in [1.29, 1.82) is 0 Å². The maximum Gasteiger partial charge on any atom is 0.269 e. The molecule has 136 valence electrons. The van der Waals surface area contributed by atoms with Crippen LogP contribution in [-0.4, -0.2) is 34.9 Å². The third-order valence-electron chi connectivity index (χ3n) is 3.89. The normalized spacial score (nSPS) is 12.4. The van der Waals surface area contributed by atoms with Gasteiger partial charge in [-0.2, -0.15) is 5.10 Å². The standard InChI is InChI=1S/C16H13N7O3S/c1-9(27-16-12-7-19-22(2)13(12)17-8-18-16)14-20-21-15(26-14)10-3-5-11(6-4-10)23(24)25/h3-9H,1-2H3. The number of nitrogens with zero attached hydrogens (tertiary/aromatic N) is 7. The first-order valence-electron chi connectivity index (χ1n) is 7.90. The average Bonchev–Trinajstić information content (AvgIpc) is 3.30. The van der Waals surface area contributed by atoms with Crippen LogP contribution in [0.15, 0.2) is 46.2 Å². The van der Waals surface area contributed by atoms with E-state index in [1.807, 2.05) is 14.0 Å². The van der Waals surface area contributed by atoms with Crippen LogP contribution >= 0.6 is 11.8 Å². The van der Waals surface area contributed by atoms with E-state index in [-0.39, 0.29) is 10.9 Å². The minimum absolute atomic E-state index is 0.00617. The molecule has 0 radical (unpaired) electrons. The molecule has 0 aliphatic carbocycles. The number of rotatable bonds is 5. The molecule has 4 rings (SSSR count). The van der Waals surface area contributed by atoms with E-state index < -0.39 is 4.92 Å². The zero-order valence-corrected chi connectivity index (χ0v) is 15.1. The van der Waals surface area contributed by atoms with Crippen molar-refractivity contribution >= 4 is 28.5 Å². The first-order valence-corrected chi connectivity index (χ1v) is 8.78. The fourth-order valence-electron chi connectivity index (χ4n) is 2.49. The highest BCUT2D eigenvalue weighted by molar-refractivity contribution is 7.99. The largest absolute Gasteiger partial charge is 0.419 e. The topological polar surface area (TPSA) is 126 Å². The molecule has 0 amide bonds. The van der Waals surface area contributed by atoms with Gasteiger partial charge in [0.2, 0.25) is 11.8 Å². The molecule has 27 heavy (non-hydrogen) atoms. The molecule has 1 unspecified atom stereocenters. The summed E-state index contributed by atoms with van der Waals surface area (Å²) in [5, 5.41) is 24.6. The lowest BCUT2D eigenvalue weighted by atomic mass is 10.2. The van der Waals surface area contributed by atoms with Gasteiger partial charge in [-0.15, -0.1) is 10.2 Å². The summed E-state index contributed by atoms with van der Waals surface area (Å²) in [5.41, 5.74) is 1.37. The van der Waals surface area contributed by atoms with Crippen LogP contribution in [0.2, 0.25) is 0 Å². The van der Waals surface area contributed by atoms with E-state index in [0.29, 0.717) is 17.3 Å². The van der Waals surface area contributed by atoms with E-state index in [0.717, 1.165) is 16.1 Å². The molecule has 1 atom stereocenters. The quantitative estimate of drug-likeness (QED) is 0.221. The second-order valence-corrected chi connectivity index (χ2v) is 7.02. The van der Waals surface area contributed by atoms with Crippen LogP contribution in [0.4, 0.5) is 5.69 Å². The van der Waals surface area contributed by atoms with Gasteiger partial charge in [0.15, 0.2) is 5.65 Å². The maximum atomic E-state index is 10.7. The molecule has 0 N–H and O–H groups in total. The summed E-state index contributed by atoms with van der Waals surface area (Å²) in [7, 11) is 1.82. The molecular formula is C16H13N7O3S. The van der Waals surface area contributed by atoms with Crippen molar-refractivity contribution in [3.05, 3.63) is 52.8 Å². The fraction of sp³-hybridized carbons (Fsp3) is 0.188. The van der Waals surface area contributed by atoms with Gasteiger partial charge < -0.3 is 4.42 Å². The molecule has 0 aliphatic heterocycles. The number of nitro benzene ring substituents is 1. The fourth-order valence-corrected chi connectivity index (χ4v) is 3.40. The third kappa shape index (κ3) is 3.24. The van der Waals surface area contributed by atoms with Crippen LogP contribution in [0.25, 0.3) is 22.5 Å². The molecule has 1 aromatic carbocycles. The molecule has 11 heteroatoms. The Bertz CT molecular complexity index is 1120. The highest BCUT2D eigenvalue weighted by atomic mass is 32.2. The summed E-state index contributed by atoms with van der Waals surface area (Å²) in [6.07, 6.45) is 3.22. The highest BCUT2D eigenvalue weighted by Gasteiger charge is 2.19. The van der Waals surface area contributed by atoms with Crippen LogP contribution < -0.4 is 0 Å². The Balaban J connectivity index is 1.56. The minimum atomic E-state index is -0.456. The Hall–Kier alpha value is -3.34. The number of non-ortho nitro benzene ring substituents is 1. The summed E-state index contributed by atoms with van der Waals surface area (Å²) in [4.78, 5) is 18.8. The molecule has 0 spiro atoms. The van der Waals surface area contributed by atoms with Crippen LogP contribution in [0.5, 0.6) is 0 Å². The molecular weight excluding hydrogens is 370 g/mol. The van der Waals surface area contributed by atoms with E-state index in [2.05, 4.69) is 25.3 Å². The van der Waals surface area contributed by atoms with Crippen LogP contribution in [0.3, 0.4) is 0 Å². The van der Waals surface area contributed by atoms with Gasteiger partial charge in [-0.05, 0) is 19.1 Å². The highest BCUT2D eigenvalue weighted by Crippen LogP contribution is 2.36. The summed E-state index contributed by atoms with van der Waals surface area (Å²) >= 11 is 1.46. The van der Waals surface area contributed by atoms with Crippen molar-refractivity contribution in [3.63, 3.8) is 0 Å². The number of aryl methyl sites for hydroxylation is 1. The molecule has 10 nitrogen and oxygen atoms in total. The Labute approximate surface area is 156 Å². The number of nitro groups is 1. The average molecular weight is 383 g/mol. The smallest absolute Gasteiger partial charge is 0.269 e.